The Morgan fingerprint density at radius 2 is 1.81 bits per heavy atom. The third-order valence-corrected chi connectivity index (χ3v) is 5.61. The number of hydrogen-bond donors (Lipinski definition) is 1. The molecular formula is C22H24N4O. The van der Waals surface area contributed by atoms with Crippen molar-refractivity contribution in [3.63, 3.8) is 0 Å². The fourth-order valence-corrected chi connectivity index (χ4v) is 4.03. The molecule has 4 heterocycles. The van der Waals surface area contributed by atoms with Crippen LogP contribution in [0.2, 0.25) is 0 Å². The molecule has 2 fully saturated rings. The van der Waals surface area contributed by atoms with Gasteiger partial charge >= 0.3 is 0 Å². The summed E-state index contributed by atoms with van der Waals surface area (Å²) in [5, 5.41) is 4.60. The Hall–Kier alpha value is -2.66. The second kappa shape index (κ2) is 7.16. The molecule has 0 spiro atoms. The summed E-state index contributed by atoms with van der Waals surface area (Å²) in [6.07, 6.45) is 4.31. The van der Waals surface area contributed by atoms with Crippen molar-refractivity contribution in [2.24, 2.45) is 0 Å². The molecule has 1 N–H and O–H groups in total. The molecule has 3 aromatic rings. The van der Waals surface area contributed by atoms with E-state index in [-0.39, 0.29) is 6.10 Å². The van der Waals surface area contributed by atoms with E-state index in [9.17, 15) is 0 Å². The number of para-hydroxylation sites is 1. The molecule has 2 saturated heterocycles. The molecule has 27 heavy (non-hydrogen) atoms. The molecule has 1 aromatic carbocycles. The number of fused-ring (bicyclic) bond motifs is 1. The van der Waals surface area contributed by atoms with Crippen molar-refractivity contribution in [3.05, 3.63) is 60.3 Å². The van der Waals surface area contributed by atoms with Crippen LogP contribution in [0.5, 0.6) is 5.88 Å². The van der Waals surface area contributed by atoms with Crippen LogP contribution in [0.3, 0.4) is 0 Å². The van der Waals surface area contributed by atoms with Gasteiger partial charge in [-0.1, -0.05) is 24.3 Å². The number of benzene rings is 1. The minimum absolute atomic E-state index is 0.175. The van der Waals surface area contributed by atoms with Crippen LogP contribution >= 0.6 is 0 Å². The molecule has 138 valence electrons. The highest BCUT2D eigenvalue weighted by molar-refractivity contribution is 5.80. The molecule has 0 aliphatic carbocycles. The maximum Gasteiger partial charge on any atom is 0.217 e. The summed E-state index contributed by atoms with van der Waals surface area (Å²) in [6.45, 7) is 3.86. The number of piperidine rings is 1. The van der Waals surface area contributed by atoms with Gasteiger partial charge in [-0.25, -0.2) is 9.97 Å². The zero-order chi connectivity index (χ0) is 18.1. The minimum Gasteiger partial charge on any atom is -0.470 e. The highest BCUT2D eigenvalue weighted by Gasteiger charge is 2.31. The Balaban J connectivity index is 1.26. The van der Waals surface area contributed by atoms with E-state index in [2.05, 4.69) is 45.5 Å². The van der Waals surface area contributed by atoms with Crippen LogP contribution in [-0.4, -0.2) is 42.3 Å². The molecule has 0 amide bonds. The van der Waals surface area contributed by atoms with E-state index in [0.717, 1.165) is 56.2 Å². The van der Waals surface area contributed by atoms with Gasteiger partial charge in [0.2, 0.25) is 5.88 Å². The molecule has 0 atom stereocenters. The standard InChI is InChI=1S/C22H24N4O/c1-2-6-20-17(4-1)7-8-21(25-20)26-14-18(15-26)27-22-19(5-3-11-24-22)16-9-12-23-13-10-16/h1-8,11,16,18,23H,9-10,12-15H2. The maximum absolute atomic E-state index is 6.27. The molecule has 2 aliphatic heterocycles. The van der Waals surface area contributed by atoms with Crippen LogP contribution < -0.4 is 15.0 Å². The van der Waals surface area contributed by atoms with E-state index in [1.807, 2.05) is 24.4 Å². The van der Waals surface area contributed by atoms with Gasteiger partial charge in [0.05, 0.1) is 18.6 Å². The third kappa shape index (κ3) is 3.35. The van der Waals surface area contributed by atoms with Crippen molar-refractivity contribution < 1.29 is 4.74 Å². The number of anilines is 1. The van der Waals surface area contributed by atoms with Gasteiger partial charge in [-0.15, -0.1) is 0 Å². The van der Waals surface area contributed by atoms with Crippen molar-refractivity contribution in [1.29, 1.82) is 0 Å². The number of ether oxygens (including phenoxy) is 1. The number of nitrogens with one attached hydrogen (secondary N) is 1. The number of nitrogens with zero attached hydrogens (tertiary/aromatic N) is 3. The summed E-state index contributed by atoms with van der Waals surface area (Å²) in [5.74, 6) is 2.39. The van der Waals surface area contributed by atoms with E-state index >= 15 is 0 Å². The second-order valence-electron chi connectivity index (χ2n) is 7.43. The van der Waals surface area contributed by atoms with Gasteiger partial charge in [-0.2, -0.15) is 0 Å². The fraction of sp³-hybridized carbons (Fsp3) is 0.364. The SMILES string of the molecule is c1cnc(OC2CN(c3ccc4ccccc4n3)C2)c(C2CCNCC2)c1. The van der Waals surface area contributed by atoms with Crippen LogP contribution in [0.4, 0.5) is 5.82 Å². The average molecular weight is 360 g/mol. The summed E-state index contributed by atoms with van der Waals surface area (Å²) in [4.78, 5) is 11.6. The predicted octanol–water partition coefficient (Wildman–Crippen LogP) is 3.36. The first kappa shape index (κ1) is 16.5. The first-order valence-corrected chi connectivity index (χ1v) is 9.80. The Morgan fingerprint density at radius 1 is 0.963 bits per heavy atom. The van der Waals surface area contributed by atoms with Gasteiger partial charge in [0.15, 0.2) is 0 Å². The quantitative estimate of drug-likeness (QED) is 0.773. The van der Waals surface area contributed by atoms with Crippen LogP contribution in [0.1, 0.15) is 24.3 Å². The summed E-state index contributed by atoms with van der Waals surface area (Å²) in [6, 6.07) is 16.7. The smallest absolute Gasteiger partial charge is 0.217 e. The van der Waals surface area contributed by atoms with Gasteiger partial charge in [0, 0.05) is 17.1 Å². The first-order valence-electron chi connectivity index (χ1n) is 9.80. The van der Waals surface area contributed by atoms with Crippen molar-refractivity contribution in [3.8, 4) is 5.88 Å². The zero-order valence-corrected chi connectivity index (χ0v) is 15.3. The molecule has 2 aliphatic rings. The van der Waals surface area contributed by atoms with Crippen LogP contribution in [-0.2, 0) is 0 Å². The number of aromatic nitrogens is 2. The molecule has 2 aromatic heterocycles. The molecule has 0 radical (unpaired) electrons. The Bertz CT molecular complexity index is 932. The number of pyridine rings is 2. The van der Waals surface area contributed by atoms with E-state index in [0.29, 0.717) is 5.92 Å². The lowest BCUT2D eigenvalue weighted by Crippen LogP contribution is -2.54. The van der Waals surface area contributed by atoms with Crippen molar-refractivity contribution in [1.82, 2.24) is 15.3 Å². The predicted molar refractivity (Wildman–Crippen MR) is 107 cm³/mol. The molecule has 0 bridgehead atoms. The van der Waals surface area contributed by atoms with Crippen molar-refractivity contribution in [2.45, 2.75) is 24.9 Å². The van der Waals surface area contributed by atoms with E-state index < -0.39 is 0 Å². The van der Waals surface area contributed by atoms with E-state index in [1.54, 1.807) is 0 Å². The maximum atomic E-state index is 6.27. The lowest BCUT2D eigenvalue weighted by atomic mass is 9.91. The molecule has 5 heteroatoms. The average Bonchev–Trinajstić information content (AvgIpc) is 2.71. The lowest BCUT2D eigenvalue weighted by molar-refractivity contribution is 0.157. The summed E-state index contributed by atoms with van der Waals surface area (Å²) >= 11 is 0. The first-order chi connectivity index (χ1) is 13.4. The molecular weight excluding hydrogens is 336 g/mol. The van der Waals surface area contributed by atoms with Crippen LogP contribution in [0.15, 0.2) is 54.7 Å². The van der Waals surface area contributed by atoms with Gasteiger partial charge < -0.3 is 15.0 Å². The van der Waals surface area contributed by atoms with Gasteiger partial charge in [-0.3, -0.25) is 0 Å². The zero-order valence-electron chi connectivity index (χ0n) is 15.3. The normalized spacial score (nSPS) is 18.4. The van der Waals surface area contributed by atoms with Crippen LogP contribution in [0, 0.1) is 0 Å². The van der Waals surface area contributed by atoms with E-state index in [1.165, 1.54) is 10.9 Å². The number of rotatable bonds is 4. The minimum atomic E-state index is 0.175. The third-order valence-electron chi connectivity index (χ3n) is 5.61. The van der Waals surface area contributed by atoms with Gasteiger partial charge in [0.25, 0.3) is 0 Å². The van der Waals surface area contributed by atoms with E-state index in [4.69, 9.17) is 9.72 Å². The summed E-state index contributed by atoms with van der Waals surface area (Å²) in [5.41, 5.74) is 2.30. The topological polar surface area (TPSA) is 50.3 Å². The monoisotopic (exact) mass is 360 g/mol. The highest BCUT2D eigenvalue weighted by atomic mass is 16.5. The Kier molecular flexibility index (Phi) is 4.38. The summed E-state index contributed by atoms with van der Waals surface area (Å²) in [7, 11) is 0. The van der Waals surface area contributed by atoms with Crippen LogP contribution in [0.25, 0.3) is 10.9 Å². The molecule has 5 rings (SSSR count). The molecule has 0 saturated carbocycles. The summed E-state index contributed by atoms with van der Waals surface area (Å²) < 4.78 is 6.27. The van der Waals surface area contributed by atoms with Crippen molar-refractivity contribution >= 4 is 16.7 Å². The second-order valence-corrected chi connectivity index (χ2v) is 7.43. The largest absolute Gasteiger partial charge is 0.470 e. The highest BCUT2D eigenvalue weighted by Crippen LogP contribution is 2.33. The number of hydrogen-bond acceptors (Lipinski definition) is 5. The Labute approximate surface area is 159 Å². The molecule has 5 nitrogen and oxygen atoms in total. The van der Waals surface area contributed by atoms with Crippen molar-refractivity contribution in [2.75, 3.05) is 31.1 Å². The van der Waals surface area contributed by atoms with Gasteiger partial charge in [-0.05, 0) is 56.1 Å². The van der Waals surface area contributed by atoms with Gasteiger partial charge in [0.1, 0.15) is 11.9 Å². The fourth-order valence-electron chi connectivity index (χ4n) is 4.03. The lowest BCUT2D eigenvalue weighted by Gasteiger charge is -2.40. The Morgan fingerprint density at radius 3 is 2.70 bits per heavy atom. The molecule has 0 unspecified atom stereocenters.